The minimum absolute atomic E-state index is 0.0213. The lowest BCUT2D eigenvalue weighted by atomic mass is 9.75. The van der Waals surface area contributed by atoms with Crippen molar-refractivity contribution < 1.29 is 9.53 Å². The first-order valence-corrected chi connectivity index (χ1v) is 11.5. The Labute approximate surface area is 204 Å². The molecule has 3 aromatic rings. The number of aromatic amines is 1. The third-order valence-corrected chi connectivity index (χ3v) is 6.22. The van der Waals surface area contributed by atoms with Gasteiger partial charge in [-0.2, -0.15) is 10.4 Å². The van der Waals surface area contributed by atoms with Crippen molar-refractivity contribution in [2.45, 2.75) is 51.6 Å². The van der Waals surface area contributed by atoms with Crippen LogP contribution in [0.3, 0.4) is 0 Å². The molecule has 0 bridgehead atoms. The summed E-state index contributed by atoms with van der Waals surface area (Å²) >= 11 is 6.49. The van der Waals surface area contributed by atoms with E-state index in [1.54, 1.807) is 36.7 Å². The molecular weight excluding hydrogens is 450 g/mol. The predicted molar refractivity (Wildman–Crippen MR) is 133 cm³/mol. The molecule has 1 amide bonds. The molecule has 2 aromatic carbocycles. The first kappa shape index (κ1) is 23.8. The number of aromatic nitrogens is 2. The van der Waals surface area contributed by atoms with Gasteiger partial charge in [0.25, 0.3) is 0 Å². The molecule has 8 heteroatoms. The van der Waals surface area contributed by atoms with E-state index in [0.29, 0.717) is 33.3 Å². The molecule has 1 saturated heterocycles. The van der Waals surface area contributed by atoms with Gasteiger partial charge in [-0.15, -0.1) is 0 Å². The summed E-state index contributed by atoms with van der Waals surface area (Å²) in [5, 5.41) is 23.4. The van der Waals surface area contributed by atoms with Crippen molar-refractivity contribution in [3.8, 4) is 28.7 Å². The zero-order valence-corrected chi connectivity index (χ0v) is 20.5. The van der Waals surface area contributed by atoms with Crippen LogP contribution < -0.4 is 15.4 Å². The van der Waals surface area contributed by atoms with Crippen molar-refractivity contribution in [1.29, 1.82) is 5.26 Å². The maximum atomic E-state index is 13.0. The number of piperidine rings is 1. The van der Waals surface area contributed by atoms with Crippen LogP contribution in [0.15, 0.2) is 48.8 Å². The topological polar surface area (TPSA) is 103 Å². The van der Waals surface area contributed by atoms with Gasteiger partial charge in [-0.1, -0.05) is 23.7 Å². The Bertz CT molecular complexity index is 1230. The summed E-state index contributed by atoms with van der Waals surface area (Å²) in [6.45, 7) is 8.48. The SMILES string of the molecule is CC1(C)CC(C(=O)Nc2ccc(Oc3cccc(-c4cn[nH]c4)c3C#N)c(Cl)c2)CC(C)(C)N1. The number of benzene rings is 2. The number of hydrogen-bond acceptors (Lipinski definition) is 5. The van der Waals surface area contributed by atoms with Crippen LogP contribution in [0.25, 0.3) is 11.1 Å². The monoisotopic (exact) mass is 477 g/mol. The molecule has 0 spiro atoms. The fraction of sp³-hybridized carbons (Fsp3) is 0.346. The van der Waals surface area contributed by atoms with Gasteiger partial charge in [0.1, 0.15) is 23.1 Å². The number of halogens is 1. The molecule has 7 nitrogen and oxygen atoms in total. The van der Waals surface area contributed by atoms with Crippen molar-refractivity contribution >= 4 is 23.2 Å². The van der Waals surface area contributed by atoms with Crippen molar-refractivity contribution in [2.75, 3.05) is 5.32 Å². The Balaban J connectivity index is 1.51. The highest BCUT2D eigenvalue weighted by molar-refractivity contribution is 6.32. The molecule has 34 heavy (non-hydrogen) atoms. The quantitative estimate of drug-likeness (QED) is 0.425. The zero-order valence-electron chi connectivity index (χ0n) is 19.7. The van der Waals surface area contributed by atoms with Crippen LogP contribution in [0.4, 0.5) is 5.69 Å². The number of nitriles is 1. The molecule has 1 aliphatic heterocycles. The molecule has 1 fully saturated rings. The van der Waals surface area contributed by atoms with E-state index in [2.05, 4.69) is 54.6 Å². The van der Waals surface area contributed by atoms with Gasteiger partial charge in [0.15, 0.2) is 0 Å². The fourth-order valence-corrected chi connectivity index (χ4v) is 5.12. The third-order valence-electron chi connectivity index (χ3n) is 5.93. The average molecular weight is 478 g/mol. The van der Waals surface area contributed by atoms with E-state index >= 15 is 0 Å². The number of amides is 1. The van der Waals surface area contributed by atoms with Crippen LogP contribution in [-0.2, 0) is 4.79 Å². The van der Waals surface area contributed by atoms with Crippen LogP contribution >= 0.6 is 11.6 Å². The summed E-state index contributed by atoms with van der Waals surface area (Å²) in [6.07, 6.45) is 4.87. The Hall–Kier alpha value is -3.34. The molecular formula is C26H28ClN5O2. The number of anilines is 1. The van der Waals surface area contributed by atoms with Crippen molar-refractivity contribution in [1.82, 2.24) is 15.5 Å². The van der Waals surface area contributed by atoms with Crippen molar-refractivity contribution in [3.63, 3.8) is 0 Å². The van der Waals surface area contributed by atoms with Crippen LogP contribution in [0.1, 0.15) is 46.1 Å². The van der Waals surface area contributed by atoms with E-state index in [9.17, 15) is 10.1 Å². The van der Waals surface area contributed by atoms with Crippen LogP contribution in [0, 0.1) is 17.2 Å². The normalized spacial score (nSPS) is 17.1. The van der Waals surface area contributed by atoms with Crippen LogP contribution in [-0.4, -0.2) is 27.2 Å². The fourth-order valence-electron chi connectivity index (χ4n) is 4.90. The number of nitrogens with one attached hydrogen (secondary N) is 3. The maximum Gasteiger partial charge on any atom is 0.227 e. The maximum absolute atomic E-state index is 13.0. The van der Waals surface area contributed by atoms with E-state index < -0.39 is 0 Å². The van der Waals surface area contributed by atoms with E-state index in [0.717, 1.165) is 18.4 Å². The second kappa shape index (κ2) is 9.13. The smallest absolute Gasteiger partial charge is 0.227 e. The van der Waals surface area contributed by atoms with Crippen molar-refractivity contribution in [3.05, 3.63) is 59.4 Å². The number of rotatable bonds is 5. The molecule has 3 N–H and O–H groups in total. The lowest BCUT2D eigenvalue weighted by Crippen LogP contribution is -2.59. The summed E-state index contributed by atoms with van der Waals surface area (Å²) in [5.41, 5.74) is 2.24. The number of hydrogen-bond donors (Lipinski definition) is 3. The van der Waals surface area contributed by atoms with Gasteiger partial charge >= 0.3 is 0 Å². The highest BCUT2D eigenvalue weighted by atomic mass is 35.5. The van der Waals surface area contributed by atoms with Gasteiger partial charge < -0.3 is 15.4 Å². The van der Waals surface area contributed by atoms with E-state index in [-0.39, 0.29) is 22.9 Å². The summed E-state index contributed by atoms with van der Waals surface area (Å²) in [6, 6.07) is 12.7. The Morgan fingerprint density at radius 3 is 2.53 bits per heavy atom. The molecule has 4 rings (SSSR count). The molecule has 176 valence electrons. The number of nitrogens with zero attached hydrogens (tertiary/aromatic N) is 2. The first-order valence-electron chi connectivity index (χ1n) is 11.2. The molecule has 0 unspecified atom stereocenters. The van der Waals surface area contributed by atoms with Gasteiger partial charge in [-0.05, 0) is 64.8 Å². The summed E-state index contributed by atoms with van der Waals surface area (Å²) in [4.78, 5) is 13.0. The van der Waals surface area contributed by atoms with Gasteiger partial charge in [0.2, 0.25) is 5.91 Å². The third kappa shape index (κ3) is 5.24. The van der Waals surface area contributed by atoms with Gasteiger partial charge in [0, 0.05) is 40.0 Å². The number of H-pyrrole nitrogens is 1. The minimum atomic E-state index is -0.122. The summed E-state index contributed by atoms with van der Waals surface area (Å²) in [5.74, 6) is 0.653. The lowest BCUT2D eigenvalue weighted by molar-refractivity contribution is -0.122. The Kier molecular flexibility index (Phi) is 6.39. The molecule has 0 atom stereocenters. The van der Waals surface area contributed by atoms with Gasteiger partial charge in [-0.25, -0.2) is 0 Å². The molecule has 0 saturated carbocycles. The number of carbonyl (C=O) groups is 1. The number of carbonyl (C=O) groups excluding carboxylic acids is 1. The van der Waals surface area contributed by atoms with E-state index in [1.165, 1.54) is 0 Å². The molecule has 1 aromatic heterocycles. The van der Waals surface area contributed by atoms with E-state index in [1.807, 2.05) is 12.1 Å². The Morgan fingerprint density at radius 1 is 1.18 bits per heavy atom. The van der Waals surface area contributed by atoms with E-state index in [4.69, 9.17) is 16.3 Å². The van der Waals surface area contributed by atoms with Crippen LogP contribution in [0.5, 0.6) is 11.5 Å². The average Bonchev–Trinajstić information content (AvgIpc) is 3.28. The molecule has 0 aliphatic carbocycles. The lowest BCUT2D eigenvalue weighted by Gasteiger charge is -2.46. The van der Waals surface area contributed by atoms with Gasteiger partial charge in [-0.3, -0.25) is 9.89 Å². The summed E-state index contributed by atoms with van der Waals surface area (Å²) < 4.78 is 5.99. The second-order valence-corrected chi connectivity index (χ2v) is 10.4. The zero-order chi connectivity index (χ0) is 24.5. The molecule has 2 heterocycles. The van der Waals surface area contributed by atoms with Crippen LogP contribution in [0.2, 0.25) is 5.02 Å². The minimum Gasteiger partial charge on any atom is -0.454 e. The number of ether oxygens (including phenoxy) is 1. The highest BCUT2D eigenvalue weighted by Gasteiger charge is 2.40. The predicted octanol–water partition coefficient (Wildman–Crippen LogP) is 5.89. The van der Waals surface area contributed by atoms with Crippen molar-refractivity contribution in [2.24, 2.45) is 5.92 Å². The standard InChI is InChI=1S/C26H28ClN5O2/c1-25(2)11-16(12-26(3,4)32-25)24(33)31-18-8-9-23(21(27)10-18)34-22-7-5-6-19(20(22)13-28)17-14-29-30-15-17/h5-10,14-16,32H,11-12H2,1-4H3,(H,29,30)(H,31,33). The first-order chi connectivity index (χ1) is 16.1. The highest BCUT2D eigenvalue weighted by Crippen LogP contribution is 2.37. The largest absolute Gasteiger partial charge is 0.454 e. The molecule has 0 radical (unpaired) electrons. The molecule has 1 aliphatic rings. The second-order valence-electron chi connectivity index (χ2n) is 10.0. The van der Waals surface area contributed by atoms with Gasteiger partial charge in [0.05, 0.1) is 11.2 Å². The Morgan fingerprint density at radius 2 is 1.91 bits per heavy atom. The summed E-state index contributed by atoms with van der Waals surface area (Å²) in [7, 11) is 0.